The molecule has 1 saturated carbocycles. The Morgan fingerprint density at radius 1 is 1.21 bits per heavy atom. The van der Waals surface area contributed by atoms with Gasteiger partial charge in [-0.1, -0.05) is 48.5 Å². The van der Waals surface area contributed by atoms with E-state index >= 15 is 0 Å². The number of pyridine rings is 1. The van der Waals surface area contributed by atoms with Gasteiger partial charge in [-0.25, -0.2) is 9.97 Å². The predicted octanol–water partition coefficient (Wildman–Crippen LogP) is 5.41. The number of carbonyl (C=O) groups excluding carboxylic acids is 1. The molecule has 2 aromatic heterocycles. The average molecular weight is 431 g/mol. The van der Waals surface area contributed by atoms with E-state index < -0.39 is 0 Å². The largest absolute Gasteiger partial charge is 0.349 e. The minimum absolute atomic E-state index is 0.0759. The van der Waals surface area contributed by atoms with E-state index in [4.69, 9.17) is 28.2 Å². The summed E-state index contributed by atoms with van der Waals surface area (Å²) in [6.45, 7) is 2.76. The van der Waals surface area contributed by atoms with Crippen LogP contribution in [0.2, 0.25) is 10.0 Å². The molecule has 0 aliphatic heterocycles. The fourth-order valence-corrected chi connectivity index (χ4v) is 4.56. The molecule has 7 heteroatoms. The number of hydrogen-bond donors (Lipinski definition) is 1. The fraction of sp³-hybridized carbons (Fsp3) is 0.409. The van der Waals surface area contributed by atoms with Crippen molar-refractivity contribution in [1.29, 1.82) is 0 Å². The number of fused-ring (bicyclic) bond motifs is 1. The van der Waals surface area contributed by atoms with E-state index in [1.165, 1.54) is 19.3 Å². The van der Waals surface area contributed by atoms with Gasteiger partial charge in [0.05, 0.1) is 5.56 Å². The van der Waals surface area contributed by atoms with Crippen molar-refractivity contribution in [1.82, 2.24) is 19.9 Å². The van der Waals surface area contributed by atoms with Gasteiger partial charge in [-0.15, -0.1) is 0 Å². The molecule has 0 radical (unpaired) electrons. The SMILES string of the molecule is CCn1c(Cc2c(Cl)cccc2Cl)nc2cc(C(=O)NC3CCCCC3)cnc21. The van der Waals surface area contributed by atoms with E-state index in [2.05, 4.69) is 10.3 Å². The monoisotopic (exact) mass is 430 g/mol. The van der Waals surface area contributed by atoms with Crippen molar-refractivity contribution in [3.05, 3.63) is 57.5 Å². The highest BCUT2D eigenvalue weighted by atomic mass is 35.5. The van der Waals surface area contributed by atoms with Crippen molar-refractivity contribution in [2.45, 2.75) is 58.0 Å². The van der Waals surface area contributed by atoms with Crippen molar-refractivity contribution >= 4 is 40.3 Å². The number of benzene rings is 1. The zero-order chi connectivity index (χ0) is 20.4. The molecule has 1 amide bonds. The van der Waals surface area contributed by atoms with Gasteiger partial charge in [-0.2, -0.15) is 0 Å². The van der Waals surface area contributed by atoms with E-state index in [1.807, 2.05) is 35.8 Å². The van der Waals surface area contributed by atoms with Crippen LogP contribution in [0.3, 0.4) is 0 Å². The second-order valence-electron chi connectivity index (χ2n) is 7.52. The third-order valence-electron chi connectivity index (χ3n) is 5.58. The third kappa shape index (κ3) is 4.26. The second-order valence-corrected chi connectivity index (χ2v) is 8.34. The quantitative estimate of drug-likeness (QED) is 0.588. The number of halogens is 2. The van der Waals surface area contributed by atoms with Gasteiger partial charge < -0.3 is 9.88 Å². The number of amides is 1. The highest BCUT2D eigenvalue weighted by Crippen LogP contribution is 2.28. The van der Waals surface area contributed by atoms with Crippen LogP contribution in [-0.2, 0) is 13.0 Å². The first kappa shape index (κ1) is 20.2. The Kier molecular flexibility index (Phi) is 6.07. The lowest BCUT2D eigenvalue weighted by Gasteiger charge is -2.22. The van der Waals surface area contributed by atoms with Crippen LogP contribution in [0.1, 0.15) is 60.8 Å². The van der Waals surface area contributed by atoms with Crippen LogP contribution < -0.4 is 5.32 Å². The number of carbonyl (C=O) groups is 1. The summed E-state index contributed by atoms with van der Waals surface area (Å²) in [7, 11) is 0. The molecule has 1 N–H and O–H groups in total. The molecule has 5 nitrogen and oxygen atoms in total. The maximum Gasteiger partial charge on any atom is 0.253 e. The fourth-order valence-electron chi connectivity index (χ4n) is 4.02. The predicted molar refractivity (Wildman–Crippen MR) is 117 cm³/mol. The highest BCUT2D eigenvalue weighted by Gasteiger charge is 2.19. The van der Waals surface area contributed by atoms with Crippen molar-refractivity contribution < 1.29 is 4.79 Å². The van der Waals surface area contributed by atoms with Gasteiger partial charge in [0.25, 0.3) is 5.91 Å². The molecule has 0 saturated heterocycles. The van der Waals surface area contributed by atoms with Gasteiger partial charge >= 0.3 is 0 Å². The molecular formula is C22H24Cl2N4O. The molecule has 2 heterocycles. The van der Waals surface area contributed by atoms with Gasteiger partial charge in [0.1, 0.15) is 11.3 Å². The molecule has 1 aromatic carbocycles. The van der Waals surface area contributed by atoms with Gasteiger partial charge in [0, 0.05) is 35.2 Å². The molecule has 0 unspecified atom stereocenters. The number of imidazole rings is 1. The van der Waals surface area contributed by atoms with E-state index in [0.29, 0.717) is 34.1 Å². The molecule has 1 aliphatic rings. The van der Waals surface area contributed by atoms with Crippen LogP contribution in [0.25, 0.3) is 11.2 Å². The van der Waals surface area contributed by atoms with Gasteiger partial charge in [0.2, 0.25) is 0 Å². The first-order valence-electron chi connectivity index (χ1n) is 10.2. The maximum absolute atomic E-state index is 12.7. The highest BCUT2D eigenvalue weighted by molar-refractivity contribution is 6.36. The molecule has 29 heavy (non-hydrogen) atoms. The topological polar surface area (TPSA) is 59.8 Å². The minimum atomic E-state index is -0.0759. The summed E-state index contributed by atoms with van der Waals surface area (Å²) in [6, 6.07) is 7.57. The molecule has 0 bridgehead atoms. The lowest BCUT2D eigenvalue weighted by atomic mass is 9.95. The van der Waals surface area contributed by atoms with Gasteiger partial charge in [-0.3, -0.25) is 4.79 Å². The molecule has 1 aliphatic carbocycles. The number of hydrogen-bond acceptors (Lipinski definition) is 3. The number of rotatable bonds is 5. The van der Waals surface area contributed by atoms with Crippen molar-refractivity contribution in [3.63, 3.8) is 0 Å². The number of aryl methyl sites for hydroxylation is 1. The smallest absolute Gasteiger partial charge is 0.253 e. The lowest BCUT2D eigenvalue weighted by Crippen LogP contribution is -2.36. The van der Waals surface area contributed by atoms with Crippen LogP contribution >= 0.6 is 23.2 Å². The molecule has 152 valence electrons. The van der Waals surface area contributed by atoms with Crippen LogP contribution in [0, 0.1) is 0 Å². The summed E-state index contributed by atoms with van der Waals surface area (Å²) < 4.78 is 2.04. The van der Waals surface area contributed by atoms with E-state index in [0.717, 1.165) is 29.9 Å². The Labute approximate surface area is 180 Å². The Balaban J connectivity index is 1.63. The molecule has 4 rings (SSSR count). The molecule has 0 spiro atoms. The molecule has 1 fully saturated rings. The van der Waals surface area contributed by atoms with Gasteiger partial charge in [-0.05, 0) is 43.5 Å². The number of nitrogens with zero attached hydrogens (tertiary/aromatic N) is 3. The first-order valence-corrected chi connectivity index (χ1v) is 10.9. The minimum Gasteiger partial charge on any atom is -0.349 e. The summed E-state index contributed by atoms with van der Waals surface area (Å²) in [6.07, 6.45) is 7.86. The van der Waals surface area contributed by atoms with Crippen LogP contribution in [0.4, 0.5) is 0 Å². The Morgan fingerprint density at radius 2 is 1.93 bits per heavy atom. The molecule has 0 atom stereocenters. The summed E-state index contributed by atoms with van der Waals surface area (Å²) in [5.41, 5.74) is 2.86. The zero-order valence-corrected chi connectivity index (χ0v) is 17.9. The van der Waals surface area contributed by atoms with Crippen LogP contribution in [0.15, 0.2) is 30.5 Å². The first-order chi connectivity index (χ1) is 14.1. The summed E-state index contributed by atoms with van der Waals surface area (Å²) in [4.78, 5) is 22.0. The van der Waals surface area contributed by atoms with E-state index in [-0.39, 0.29) is 11.9 Å². The third-order valence-corrected chi connectivity index (χ3v) is 6.29. The van der Waals surface area contributed by atoms with Crippen molar-refractivity contribution in [2.24, 2.45) is 0 Å². The van der Waals surface area contributed by atoms with Crippen molar-refractivity contribution in [3.8, 4) is 0 Å². The van der Waals surface area contributed by atoms with Crippen LogP contribution in [-0.4, -0.2) is 26.5 Å². The van der Waals surface area contributed by atoms with Crippen LogP contribution in [0.5, 0.6) is 0 Å². The van der Waals surface area contributed by atoms with Crippen molar-refractivity contribution in [2.75, 3.05) is 0 Å². The zero-order valence-electron chi connectivity index (χ0n) is 16.4. The Hall–Kier alpha value is -2.11. The summed E-state index contributed by atoms with van der Waals surface area (Å²) in [5.74, 6) is 0.753. The van der Waals surface area contributed by atoms with E-state index in [1.54, 1.807) is 6.20 Å². The normalized spacial score (nSPS) is 15.0. The number of aromatic nitrogens is 3. The summed E-state index contributed by atoms with van der Waals surface area (Å²) in [5, 5.41) is 4.38. The van der Waals surface area contributed by atoms with Gasteiger partial charge in [0.15, 0.2) is 5.65 Å². The Morgan fingerprint density at radius 3 is 2.62 bits per heavy atom. The number of nitrogens with one attached hydrogen (secondary N) is 1. The molecular weight excluding hydrogens is 407 g/mol. The molecule has 3 aromatic rings. The summed E-state index contributed by atoms with van der Waals surface area (Å²) >= 11 is 12.7. The lowest BCUT2D eigenvalue weighted by molar-refractivity contribution is 0.0927. The standard InChI is InChI=1S/C22H24Cl2N4O/c1-2-28-20(12-16-17(23)9-6-10-18(16)24)27-19-11-14(13-25-21(19)28)22(29)26-15-7-4-3-5-8-15/h6,9-11,13,15H,2-5,7-8,12H2,1H3,(H,26,29). The maximum atomic E-state index is 12.7. The second kappa shape index (κ2) is 8.72. The Bertz CT molecular complexity index is 1020. The average Bonchev–Trinajstić information content (AvgIpc) is 3.08. The van der Waals surface area contributed by atoms with E-state index in [9.17, 15) is 4.79 Å².